The van der Waals surface area contributed by atoms with Crippen LogP contribution in [-0.2, 0) is 4.79 Å². The molecule has 1 amide bonds. The molecule has 1 aromatic rings. The van der Waals surface area contributed by atoms with Crippen LogP contribution in [0, 0.1) is 6.92 Å². The largest absolute Gasteiger partial charge is 0.382 e. The van der Waals surface area contributed by atoms with Crippen molar-refractivity contribution in [1.82, 2.24) is 10.2 Å². The summed E-state index contributed by atoms with van der Waals surface area (Å²) in [6.07, 6.45) is 5.06. The van der Waals surface area contributed by atoms with Crippen LogP contribution in [0.3, 0.4) is 0 Å². The van der Waals surface area contributed by atoms with Gasteiger partial charge in [0.05, 0.1) is 5.54 Å². The normalized spacial score (nSPS) is 25.6. The van der Waals surface area contributed by atoms with E-state index in [4.69, 9.17) is 0 Å². The van der Waals surface area contributed by atoms with E-state index in [1.807, 2.05) is 0 Å². The monoisotopic (exact) mass is 315 g/mol. The molecule has 2 saturated heterocycles. The predicted octanol–water partition coefficient (Wildman–Crippen LogP) is 2.93. The summed E-state index contributed by atoms with van der Waals surface area (Å²) in [7, 11) is 0. The number of nitrogens with zero attached hydrogens (tertiary/aromatic N) is 1. The molecule has 2 fully saturated rings. The minimum atomic E-state index is -0.281. The first-order valence-electron chi connectivity index (χ1n) is 9.00. The molecule has 2 aliphatic heterocycles. The number of hydrogen-bond acceptors (Lipinski definition) is 3. The summed E-state index contributed by atoms with van der Waals surface area (Å²) < 4.78 is 0. The Kier molecular flexibility index (Phi) is 4.90. The number of rotatable bonds is 4. The number of carbonyl (C=O) groups excluding carboxylic acids is 1. The molecule has 0 aliphatic carbocycles. The van der Waals surface area contributed by atoms with Crippen LogP contribution in [0.25, 0.3) is 0 Å². The molecule has 126 valence electrons. The van der Waals surface area contributed by atoms with Crippen molar-refractivity contribution in [3.63, 3.8) is 0 Å². The summed E-state index contributed by atoms with van der Waals surface area (Å²) in [6.45, 7) is 6.95. The minimum Gasteiger partial charge on any atom is -0.382 e. The highest BCUT2D eigenvalue weighted by molar-refractivity contribution is 5.86. The SMILES string of the molecule is CCC1(C(=O)N2CCC(Nc3cccc(C)c3)CC2)CCCN1. The van der Waals surface area contributed by atoms with Gasteiger partial charge in [-0.1, -0.05) is 19.1 Å². The van der Waals surface area contributed by atoms with Gasteiger partial charge in [0.2, 0.25) is 5.91 Å². The lowest BCUT2D eigenvalue weighted by Crippen LogP contribution is -2.56. The van der Waals surface area contributed by atoms with Crippen LogP contribution in [0.5, 0.6) is 0 Å². The van der Waals surface area contributed by atoms with Crippen LogP contribution in [0.1, 0.15) is 44.6 Å². The van der Waals surface area contributed by atoms with Crippen molar-refractivity contribution < 1.29 is 4.79 Å². The Balaban J connectivity index is 1.55. The van der Waals surface area contributed by atoms with Gasteiger partial charge < -0.3 is 15.5 Å². The van der Waals surface area contributed by atoms with Gasteiger partial charge in [-0.2, -0.15) is 0 Å². The second-order valence-corrected chi connectivity index (χ2v) is 7.05. The summed E-state index contributed by atoms with van der Waals surface area (Å²) in [5, 5.41) is 7.09. The highest BCUT2D eigenvalue weighted by Gasteiger charge is 2.42. The first-order chi connectivity index (χ1) is 11.1. The van der Waals surface area contributed by atoms with Gasteiger partial charge in [-0.05, 0) is 63.3 Å². The summed E-state index contributed by atoms with van der Waals surface area (Å²) in [6, 6.07) is 8.98. The summed E-state index contributed by atoms with van der Waals surface area (Å²) in [5.74, 6) is 0.325. The molecule has 1 aromatic carbocycles. The number of benzene rings is 1. The average Bonchev–Trinajstić information content (AvgIpc) is 3.05. The van der Waals surface area contributed by atoms with E-state index in [1.54, 1.807) is 0 Å². The molecule has 1 atom stereocenters. The molecular weight excluding hydrogens is 286 g/mol. The zero-order chi connectivity index (χ0) is 16.3. The predicted molar refractivity (Wildman–Crippen MR) is 94.7 cm³/mol. The van der Waals surface area contributed by atoms with Gasteiger partial charge in [-0.25, -0.2) is 0 Å². The lowest BCUT2D eigenvalue weighted by Gasteiger charge is -2.38. The number of nitrogens with one attached hydrogen (secondary N) is 2. The zero-order valence-corrected chi connectivity index (χ0v) is 14.4. The van der Waals surface area contributed by atoms with E-state index in [1.165, 1.54) is 11.3 Å². The van der Waals surface area contributed by atoms with E-state index in [0.717, 1.165) is 51.7 Å². The van der Waals surface area contributed by atoms with Gasteiger partial charge in [0, 0.05) is 24.8 Å². The zero-order valence-electron chi connectivity index (χ0n) is 14.4. The quantitative estimate of drug-likeness (QED) is 0.898. The van der Waals surface area contributed by atoms with E-state index in [2.05, 4.69) is 53.6 Å². The molecule has 0 aromatic heterocycles. The van der Waals surface area contributed by atoms with Gasteiger partial charge in [-0.3, -0.25) is 4.79 Å². The molecule has 2 N–H and O–H groups in total. The van der Waals surface area contributed by atoms with Crippen LogP contribution in [0.2, 0.25) is 0 Å². The standard InChI is InChI=1S/C19H29N3O/c1-3-19(10-5-11-20-19)18(23)22-12-8-16(9-13-22)21-17-7-4-6-15(2)14-17/h4,6-7,14,16,20-21H,3,5,8-13H2,1-2H3. The summed E-state index contributed by atoms with van der Waals surface area (Å²) >= 11 is 0. The molecule has 1 unspecified atom stereocenters. The van der Waals surface area contributed by atoms with Crippen LogP contribution in [0.15, 0.2) is 24.3 Å². The number of anilines is 1. The van der Waals surface area contributed by atoms with Gasteiger partial charge in [-0.15, -0.1) is 0 Å². The van der Waals surface area contributed by atoms with Crippen molar-refractivity contribution in [3.05, 3.63) is 29.8 Å². The highest BCUT2D eigenvalue weighted by Crippen LogP contribution is 2.27. The van der Waals surface area contributed by atoms with Gasteiger partial charge in [0.1, 0.15) is 0 Å². The fourth-order valence-electron chi connectivity index (χ4n) is 3.94. The van der Waals surface area contributed by atoms with Crippen molar-refractivity contribution in [2.45, 2.75) is 57.5 Å². The Morgan fingerprint density at radius 1 is 1.39 bits per heavy atom. The Bertz CT molecular complexity index is 543. The first kappa shape index (κ1) is 16.3. The Morgan fingerprint density at radius 3 is 2.78 bits per heavy atom. The molecule has 4 heteroatoms. The fraction of sp³-hybridized carbons (Fsp3) is 0.632. The lowest BCUT2D eigenvalue weighted by atomic mass is 9.91. The molecule has 0 saturated carbocycles. The van der Waals surface area contributed by atoms with Crippen LogP contribution in [-0.4, -0.2) is 42.0 Å². The number of carbonyl (C=O) groups is 1. The maximum absolute atomic E-state index is 12.9. The number of aryl methyl sites for hydroxylation is 1. The van der Waals surface area contributed by atoms with Crippen LogP contribution >= 0.6 is 0 Å². The molecule has 0 bridgehead atoms. The van der Waals surface area contributed by atoms with Crippen molar-refractivity contribution in [1.29, 1.82) is 0 Å². The second-order valence-electron chi connectivity index (χ2n) is 7.05. The molecular formula is C19H29N3O. The fourth-order valence-corrected chi connectivity index (χ4v) is 3.94. The van der Waals surface area contributed by atoms with Gasteiger partial charge in [0.25, 0.3) is 0 Å². The third kappa shape index (κ3) is 3.52. The van der Waals surface area contributed by atoms with Gasteiger partial charge >= 0.3 is 0 Å². The van der Waals surface area contributed by atoms with E-state index < -0.39 is 0 Å². The molecule has 2 heterocycles. The van der Waals surface area contributed by atoms with Crippen molar-refractivity contribution in [2.75, 3.05) is 25.0 Å². The van der Waals surface area contributed by atoms with Crippen molar-refractivity contribution in [3.8, 4) is 0 Å². The topological polar surface area (TPSA) is 44.4 Å². The molecule has 0 radical (unpaired) electrons. The first-order valence-corrected chi connectivity index (χ1v) is 9.00. The number of likely N-dealkylation sites (tertiary alicyclic amines) is 1. The Hall–Kier alpha value is -1.55. The Labute approximate surface area is 139 Å². The average molecular weight is 315 g/mol. The summed E-state index contributed by atoms with van der Waals surface area (Å²) in [5.41, 5.74) is 2.19. The van der Waals surface area contributed by atoms with E-state index in [9.17, 15) is 4.79 Å². The molecule has 0 spiro atoms. The maximum Gasteiger partial charge on any atom is 0.242 e. The molecule has 4 nitrogen and oxygen atoms in total. The summed E-state index contributed by atoms with van der Waals surface area (Å²) in [4.78, 5) is 15.0. The van der Waals surface area contributed by atoms with Crippen molar-refractivity contribution >= 4 is 11.6 Å². The lowest BCUT2D eigenvalue weighted by molar-refractivity contribution is -0.139. The van der Waals surface area contributed by atoms with Crippen LogP contribution < -0.4 is 10.6 Å². The van der Waals surface area contributed by atoms with Gasteiger partial charge in [0.15, 0.2) is 0 Å². The molecule has 3 rings (SSSR count). The smallest absolute Gasteiger partial charge is 0.242 e. The third-order valence-electron chi connectivity index (χ3n) is 5.43. The second kappa shape index (κ2) is 6.91. The molecule has 2 aliphatic rings. The number of hydrogen-bond donors (Lipinski definition) is 2. The van der Waals surface area contributed by atoms with E-state index in [-0.39, 0.29) is 5.54 Å². The van der Waals surface area contributed by atoms with Crippen molar-refractivity contribution in [2.24, 2.45) is 0 Å². The van der Waals surface area contributed by atoms with Crippen LogP contribution in [0.4, 0.5) is 5.69 Å². The van der Waals surface area contributed by atoms with E-state index >= 15 is 0 Å². The Morgan fingerprint density at radius 2 is 2.17 bits per heavy atom. The maximum atomic E-state index is 12.9. The third-order valence-corrected chi connectivity index (χ3v) is 5.43. The molecule has 23 heavy (non-hydrogen) atoms. The minimum absolute atomic E-state index is 0.281. The van der Waals surface area contributed by atoms with E-state index in [0.29, 0.717) is 11.9 Å². The number of amides is 1. The number of piperidine rings is 1. The highest BCUT2D eigenvalue weighted by atomic mass is 16.2.